The van der Waals surface area contributed by atoms with Crippen molar-refractivity contribution in [1.82, 2.24) is 0 Å². The van der Waals surface area contributed by atoms with Crippen molar-refractivity contribution in [3.63, 3.8) is 0 Å². The summed E-state index contributed by atoms with van der Waals surface area (Å²) in [6.07, 6.45) is 2.74. The van der Waals surface area contributed by atoms with Crippen LogP contribution in [0.4, 0.5) is 5.69 Å². The summed E-state index contributed by atoms with van der Waals surface area (Å²) in [7, 11) is 4.45. The number of carboxylic acid groups (broad SMARTS) is 1. The Kier molecular flexibility index (Phi) is 6.27. The van der Waals surface area contributed by atoms with Crippen LogP contribution < -0.4 is 19.5 Å². The molecule has 2 aromatic carbocycles. The SMILES string of the molecule is COc1cc(/C=C/C(=O)Nc2cc(C(=O)O)ccc2O)cc(OC)c1OC. The van der Waals surface area contributed by atoms with Crippen LogP contribution in [-0.2, 0) is 4.79 Å². The van der Waals surface area contributed by atoms with Crippen molar-refractivity contribution in [2.45, 2.75) is 0 Å². The van der Waals surface area contributed by atoms with Gasteiger partial charge in [-0.05, 0) is 42.0 Å². The molecule has 0 bridgehead atoms. The Labute approximate surface area is 155 Å². The fourth-order valence-corrected chi connectivity index (χ4v) is 2.31. The number of nitrogens with one attached hydrogen (secondary N) is 1. The Balaban J connectivity index is 2.22. The van der Waals surface area contributed by atoms with Gasteiger partial charge in [0.1, 0.15) is 5.75 Å². The van der Waals surface area contributed by atoms with Crippen LogP contribution >= 0.6 is 0 Å². The fraction of sp³-hybridized carbons (Fsp3) is 0.158. The molecule has 0 aromatic heterocycles. The van der Waals surface area contributed by atoms with Gasteiger partial charge in [-0.3, -0.25) is 4.79 Å². The second-order valence-electron chi connectivity index (χ2n) is 5.32. The van der Waals surface area contributed by atoms with E-state index in [0.717, 1.165) is 0 Å². The largest absolute Gasteiger partial charge is 0.506 e. The molecular formula is C19H19NO7. The van der Waals surface area contributed by atoms with Crippen LogP contribution in [0.15, 0.2) is 36.4 Å². The van der Waals surface area contributed by atoms with Crippen LogP contribution in [-0.4, -0.2) is 43.4 Å². The number of methoxy groups -OCH3 is 3. The van der Waals surface area contributed by atoms with Crippen molar-refractivity contribution < 1.29 is 34.0 Å². The van der Waals surface area contributed by atoms with Crippen molar-refractivity contribution in [3.8, 4) is 23.0 Å². The molecule has 8 nitrogen and oxygen atoms in total. The van der Waals surface area contributed by atoms with Crippen molar-refractivity contribution >= 4 is 23.6 Å². The number of benzene rings is 2. The topological polar surface area (TPSA) is 114 Å². The molecule has 0 saturated carbocycles. The number of phenolic OH excluding ortho intramolecular Hbond substituents is 1. The van der Waals surface area contributed by atoms with Crippen LogP contribution in [0.5, 0.6) is 23.0 Å². The van der Waals surface area contributed by atoms with Gasteiger partial charge in [0, 0.05) is 6.08 Å². The van der Waals surface area contributed by atoms with Crippen LogP contribution in [0.3, 0.4) is 0 Å². The molecule has 1 amide bonds. The second kappa shape index (κ2) is 8.61. The number of aromatic hydroxyl groups is 1. The lowest BCUT2D eigenvalue weighted by Gasteiger charge is -2.12. The molecule has 0 aliphatic rings. The van der Waals surface area contributed by atoms with Gasteiger partial charge in [0.2, 0.25) is 11.7 Å². The number of carboxylic acids is 1. The average molecular weight is 373 g/mol. The highest BCUT2D eigenvalue weighted by molar-refractivity contribution is 6.03. The minimum atomic E-state index is -1.17. The Hall–Kier alpha value is -3.68. The van der Waals surface area contributed by atoms with E-state index in [1.807, 2.05) is 0 Å². The monoisotopic (exact) mass is 373 g/mol. The van der Waals surface area contributed by atoms with E-state index in [4.69, 9.17) is 19.3 Å². The predicted molar refractivity (Wildman–Crippen MR) is 98.8 cm³/mol. The third-order valence-electron chi connectivity index (χ3n) is 3.62. The number of phenols is 1. The van der Waals surface area contributed by atoms with Gasteiger partial charge in [-0.1, -0.05) is 0 Å². The maximum Gasteiger partial charge on any atom is 0.335 e. The molecule has 0 aliphatic heterocycles. The average Bonchev–Trinajstić information content (AvgIpc) is 2.66. The molecule has 0 saturated heterocycles. The highest BCUT2D eigenvalue weighted by Crippen LogP contribution is 2.38. The van der Waals surface area contributed by atoms with E-state index in [9.17, 15) is 14.7 Å². The second-order valence-corrected chi connectivity index (χ2v) is 5.32. The van der Waals surface area contributed by atoms with Crippen molar-refractivity contribution in [3.05, 3.63) is 47.5 Å². The molecule has 0 heterocycles. The van der Waals surface area contributed by atoms with Crippen molar-refractivity contribution in [2.24, 2.45) is 0 Å². The summed E-state index contributed by atoms with van der Waals surface area (Å²) in [4.78, 5) is 23.1. The summed E-state index contributed by atoms with van der Waals surface area (Å²) >= 11 is 0. The Morgan fingerprint density at radius 3 is 2.15 bits per heavy atom. The number of anilines is 1. The number of carbonyl (C=O) groups excluding carboxylic acids is 1. The molecule has 0 aliphatic carbocycles. The van der Waals surface area contributed by atoms with Crippen molar-refractivity contribution in [2.75, 3.05) is 26.6 Å². The van der Waals surface area contributed by atoms with Crippen LogP contribution in [0.2, 0.25) is 0 Å². The zero-order valence-electron chi connectivity index (χ0n) is 15.0. The molecule has 3 N–H and O–H groups in total. The van der Waals surface area contributed by atoms with E-state index in [2.05, 4.69) is 5.32 Å². The van der Waals surface area contributed by atoms with Crippen LogP contribution in [0.1, 0.15) is 15.9 Å². The van der Waals surface area contributed by atoms with Gasteiger partial charge < -0.3 is 29.7 Å². The smallest absolute Gasteiger partial charge is 0.335 e. The van der Waals surface area contributed by atoms with E-state index in [0.29, 0.717) is 22.8 Å². The summed E-state index contributed by atoms with van der Waals surface area (Å²) < 4.78 is 15.7. The molecule has 142 valence electrons. The van der Waals surface area contributed by atoms with Gasteiger partial charge in [-0.25, -0.2) is 4.79 Å². The Morgan fingerprint density at radius 1 is 1.00 bits per heavy atom. The van der Waals surface area contributed by atoms with Crippen molar-refractivity contribution in [1.29, 1.82) is 0 Å². The summed E-state index contributed by atoms with van der Waals surface area (Å²) in [6.45, 7) is 0. The first-order valence-electron chi connectivity index (χ1n) is 7.75. The van der Waals surface area contributed by atoms with Gasteiger partial charge in [0.25, 0.3) is 0 Å². The molecule has 8 heteroatoms. The highest BCUT2D eigenvalue weighted by atomic mass is 16.5. The standard InChI is InChI=1S/C19H19NO7/c1-25-15-8-11(9-16(26-2)18(15)27-3)4-7-17(22)20-13-10-12(19(23)24)5-6-14(13)21/h4-10,21H,1-3H3,(H,20,22)(H,23,24)/b7-4+. The van der Waals surface area contributed by atoms with Gasteiger partial charge >= 0.3 is 5.97 Å². The molecule has 0 radical (unpaired) electrons. The van der Waals surface area contributed by atoms with E-state index in [1.165, 1.54) is 51.7 Å². The summed E-state index contributed by atoms with van der Waals surface area (Å²) in [5.74, 6) is -0.668. The van der Waals surface area contributed by atoms with E-state index in [1.54, 1.807) is 12.1 Å². The minimum Gasteiger partial charge on any atom is -0.506 e. The lowest BCUT2D eigenvalue weighted by molar-refractivity contribution is -0.111. The van der Waals surface area contributed by atoms with Gasteiger partial charge in [0.05, 0.1) is 32.6 Å². The van der Waals surface area contributed by atoms with Gasteiger partial charge in [0.15, 0.2) is 11.5 Å². The molecular weight excluding hydrogens is 354 g/mol. The quantitative estimate of drug-likeness (QED) is 0.505. The number of amides is 1. The van der Waals surface area contributed by atoms with Gasteiger partial charge in [-0.2, -0.15) is 0 Å². The molecule has 0 atom stereocenters. The normalized spacial score (nSPS) is 10.5. The fourth-order valence-electron chi connectivity index (χ4n) is 2.31. The maximum atomic E-state index is 12.1. The molecule has 0 fully saturated rings. The zero-order valence-corrected chi connectivity index (χ0v) is 15.0. The summed E-state index contributed by atoms with van der Waals surface area (Å²) in [5.41, 5.74) is 0.550. The molecule has 2 rings (SSSR count). The number of hydrogen-bond acceptors (Lipinski definition) is 6. The Bertz CT molecular complexity index is 865. The zero-order chi connectivity index (χ0) is 20.0. The number of carbonyl (C=O) groups is 2. The minimum absolute atomic E-state index is 0.00515. The van der Waals surface area contributed by atoms with Gasteiger partial charge in [-0.15, -0.1) is 0 Å². The molecule has 0 unspecified atom stereocenters. The third-order valence-corrected chi connectivity index (χ3v) is 3.62. The Morgan fingerprint density at radius 2 is 1.63 bits per heavy atom. The number of aromatic carboxylic acids is 1. The predicted octanol–water partition coefficient (Wildman–Crippen LogP) is 2.77. The lowest BCUT2D eigenvalue weighted by Crippen LogP contribution is -2.09. The lowest BCUT2D eigenvalue weighted by atomic mass is 10.1. The summed E-state index contributed by atoms with van der Waals surface area (Å²) in [5, 5.41) is 21.2. The molecule has 2 aromatic rings. The number of hydrogen-bond donors (Lipinski definition) is 3. The van der Waals surface area contributed by atoms with E-state index < -0.39 is 11.9 Å². The van der Waals surface area contributed by atoms with Crippen LogP contribution in [0, 0.1) is 0 Å². The summed E-state index contributed by atoms with van der Waals surface area (Å²) in [6, 6.07) is 6.92. The highest BCUT2D eigenvalue weighted by Gasteiger charge is 2.13. The van der Waals surface area contributed by atoms with Crippen LogP contribution in [0.25, 0.3) is 6.08 Å². The third kappa shape index (κ3) is 4.69. The first kappa shape index (κ1) is 19.6. The first-order valence-corrected chi connectivity index (χ1v) is 7.75. The number of ether oxygens (including phenoxy) is 3. The molecule has 0 spiro atoms. The van der Waals surface area contributed by atoms with E-state index in [-0.39, 0.29) is 17.0 Å². The van der Waals surface area contributed by atoms with E-state index >= 15 is 0 Å². The first-order chi connectivity index (χ1) is 12.9. The number of rotatable bonds is 7. The maximum absolute atomic E-state index is 12.1. The molecule has 27 heavy (non-hydrogen) atoms.